The molecule has 0 bridgehead atoms. The van der Waals surface area contributed by atoms with Gasteiger partial charge in [0.05, 0.1) is 0 Å². The van der Waals surface area contributed by atoms with E-state index >= 15 is 0 Å². The zero-order valence-corrected chi connectivity index (χ0v) is 10.6. The fourth-order valence-electron chi connectivity index (χ4n) is 2.48. The van der Waals surface area contributed by atoms with Crippen molar-refractivity contribution in [3.05, 3.63) is 35.6 Å². The molecule has 0 aromatic heterocycles. The van der Waals surface area contributed by atoms with Gasteiger partial charge < -0.3 is 5.32 Å². The summed E-state index contributed by atoms with van der Waals surface area (Å²) in [6.45, 7) is 7.37. The zero-order chi connectivity index (χ0) is 12.3. The lowest BCUT2D eigenvalue weighted by Gasteiger charge is -2.18. The van der Waals surface area contributed by atoms with Crippen molar-refractivity contribution in [2.45, 2.75) is 38.9 Å². The van der Waals surface area contributed by atoms with Gasteiger partial charge in [-0.05, 0) is 24.1 Å². The van der Waals surface area contributed by atoms with Crippen LogP contribution in [0.15, 0.2) is 24.3 Å². The Kier molecular flexibility index (Phi) is 4.13. The highest BCUT2D eigenvalue weighted by atomic mass is 19.1. The van der Waals surface area contributed by atoms with E-state index in [2.05, 4.69) is 24.1 Å². The Hall–Kier alpha value is -0.930. The molecule has 1 N–H and O–H groups in total. The molecule has 1 heterocycles. The molecule has 2 rings (SSSR count). The van der Waals surface area contributed by atoms with Crippen molar-refractivity contribution < 1.29 is 4.39 Å². The predicted octanol–water partition coefficient (Wildman–Crippen LogP) is 2.40. The first-order chi connectivity index (χ1) is 8.13. The second-order valence-electron chi connectivity index (χ2n) is 5.17. The Labute approximate surface area is 103 Å². The van der Waals surface area contributed by atoms with Gasteiger partial charge >= 0.3 is 0 Å². The number of hydrogen-bond donors (Lipinski definition) is 1. The summed E-state index contributed by atoms with van der Waals surface area (Å²) in [5, 5.41) is 3.55. The summed E-state index contributed by atoms with van der Waals surface area (Å²) < 4.78 is 13.1. The van der Waals surface area contributed by atoms with E-state index < -0.39 is 0 Å². The van der Waals surface area contributed by atoms with E-state index in [1.165, 1.54) is 12.5 Å². The topological polar surface area (TPSA) is 15.3 Å². The molecule has 1 aromatic rings. The smallest absolute Gasteiger partial charge is 0.123 e. The molecule has 0 spiro atoms. The van der Waals surface area contributed by atoms with Gasteiger partial charge in [0.1, 0.15) is 5.82 Å². The van der Waals surface area contributed by atoms with Gasteiger partial charge in [0.25, 0.3) is 0 Å². The molecule has 1 aliphatic heterocycles. The van der Waals surface area contributed by atoms with E-state index in [9.17, 15) is 4.39 Å². The average Bonchev–Trinajstić information content (AvgIpc) is 2.64. The highest BCUT2D eigenvalue weighted by Gasteiger charge is 2.22. The minimum absolute atomic E-state index is 0.140. The van der Waals surface area contributed by atoms with Gasteiger partial charge in [-0.25, -0.2) is 4.39 Å². The molecule has 17 heavy (non-hydrogen) atoms. The number of likely N-dealkylation sites (tertiary alicyclic amines) is 1. The molecule has 1 fully saturated rings. The summed E-state index contributed by atoms with van der Waals surface area (Å²) in [7, 11) is 0. The molecule has 1 saturated heterocycles. The van der Waals surface area contributed by atoms with Crippen molar-refractivity contribution >= 4 is 0 Å². The van der Waals surface area contributed by atoms with Crippen LogP contribution >= 0.6 is 0 Å². The lowest BCUT2D eigenvalue weighted by atomic mass is 10.2. The fourth-order valence-corrected chi connectivity index (χ4v) is 2.48. The third-order valence-corrected chi connectivity index (χ3v) is 3.14. The first-order valence-electron chi connectivity index (χ1n) is 6.36. The summed E-state index contributed by atoms with van der Waals surface area (Å²) in [6.07, 6.45) is 1.19. The van der Waals surface area contributed by atoms with E-state index in [4.69, 9.17) is 0 Å². The van der Waals surface area contributed by atoms with Crippen molar-refractivity contribution in [3.8, 4) is 0 Å². The van der Waals surface area contributed by atoms with Gasteiger partial charge in [0.2, 0.25) is 0 Å². The van der Waals surface area contributed by atoms with Crippen LogP contribution in [0, 0.1) is 5.82 Å². The number of rotatable bonds is 4. The molecule has 3 heteroatoms. The summed E-state index contributed by atoms with van der Waals surface area (Å²) in [6, 6.07) is 8.02. The second-order valence-corrected chi connectivity index (χ2v) is 5.17. The molecular formula is C14H21FN2. The maximum absolute atomic E-state index is 13.1. The lowest BCUT2D eigenvalue weighted by Crippen LogP contribution is -2.36. The van der Waals surface area contributed by atoms with Crippen LogP contribution in [0.1, 0.15) is 25.8 Å². The molecule has 0 radical (unpaired) electrons. The van der Waals surface area contributed by atoms with Gasteiger partial charge in [0.15, 0.2) is 0 Å². The largest absolute Gasteiger partial charge is 0.310 e. The van der Waals surface area contributed by atoms with Crippen LogP contribution in [0.3, 0.4) is 0 Å². The summed E-state index contributed by atoms with van der Waals surface area (Å²) >= 11 is 0. The molecule has 0 aliphatic carbocycles. The Balaban J connectivity index is 1.85. The van der Waals surface area contributed by atoms with Gasteiger partial charge in [-0.2, -0.15) is 0 Å². The number of nitrogens with one attached hydrogen (secondary N) is 1. The van der Waals surface area contributed by atoms with Gasteiger partial charge in [0, 0.05) is 31.7 Å². The van der Waals surface area contributed by atoms with Crippen molar-refractivity contribution in [2.24, 2.45) is 0 Å². The molecule has 94 valence electrons. The maximum atomic E-state index is 13.1. The average molecular weight is 236 g/mol. The molecule has 1 atom stereocenters. The van der Waals surface area contributed by atoms with E-state index in [-0.39, 0.29) is 5.82 Å². The van der Waals surface area contributed by atoms with E-state index in [0.717, 1.165) is 25.2 Å². The van der Waals surface area contributed by atoms with Crippen molar-refractivity contribution in [2.75, 3.05) is 13.1 Å². The van der Waals surface area contributed by atoms with Gasteiger partial charge in [-0.15, -0.1) is 0 Å². The standard InChI is InChI=1S/C14H21FN2/c1-11(2)16-14-6-7-17(10-14)9-12-4-3-5-13(15)8-12/h3-5,8,11,14,16H,6-7,9-10H2,1-2H3. The van der Waals surface area contributed by atoms with Crippen LogP contribution in [0.4, 0.5) is 4.39 Å². The Morgan fingerprint density at radius 2 is 2.29 bits per heavy atom. The SMILES string of the molecule is CC(C)NC1CCN(Cc2cccc(F)c2)C1. The van der Waals surface area contributed by atoms with Crippen LogP contribution in [-0.4, -0.2) is 30.1 Å². The van der Waals surface area contributed by atoms with E-state index in [1.807, 2.05) is 6.07 Å². The highest BCUT2D eigenvalue weighted by Crippen LogP contribution is 2.14. The Morgan fingerprint density at radius 1 is 1.47 bits per heavy atom. The van der Waals surface area contributed by atoms with E-state index in [1.54, 1.807) is 12.1 Å². The van der Waals surface area contributed by atoms with Crippen LogP contribution in [0.2, 0.25) is 0 Å². The first-order valence-corrected chi connectivity index (χ1v) is 6.36. The third kappa shape index (κ3) is 3.79. The normalized spacial score (nSPS) is 21.3. The number of hydrogen-bond acceptors (Lipinski definition) is 2. The van der Waals surface area contributed by atoms with Crippen LogP contribution in [-0.2, 0) is 6.54 Å². The molecule has 0 saturated carbocycles. The fraction of sp³-hybridized carbons (Fsp3) is 0.571. The first kappa shape index (κ1) is 12.5. The predicted molar refractivity (Wildman–Crippen MR) is 68.4 cm³/mol. The van der Waals surface area contributed by atoms with Crippen LogP contribution in [0.5, 0.6) is 0 Å². The van der Waals surface area contributed by atoms with Crippen LogP contribution in [0.25, 0.3) is 0 Å². The second kappa shape index (κ2) is 5.61. The Morgan fingerprint density at radius 3 is 3.00 bits per heavy atom. The molecule has 1 unspecified atom stereocenters. The van der Waals surface area contributed by atoms with Gasteiger partial charge in [-0.3, -0.25) is 4.90 Å². The molecule has 0 amide bonds. The number of benzene rings is 1. The molecular weight excluding hydrogens is 215 g/mol. The van der Waals surface area contributed by atoms with Crippen molar-refractivity contribution in [1.82, 2.24) is 10.2 Å². The van der Waals surface area contributed by atoms with Gasteiger partial charge in [-0.1, -0.05) is 26.0 Å². The Bertz CT molecular complexity index is 365. The van der Waals surface area contributed by atoms with Crippen molar-refractivity contribution in [1.29, 1.82) is 0 Å². The molecule has 1 aliphatic rings. The number of nitrogens with zero attached hydrogens (tertiary/aromatic N) is 1. The lowest BCUT2D eigenvalue weighted by molar-refractivity contribution is 0.316. The zero-order valence-electron chi connectivity index (χ0n) is 10.6. The number of halogens is 1. The summed E-state index contributed by atoms with van der Waals surface area (Å²) in [5.41, 5.74) is 1.06. The summed E-state index contributed by atoms with van der Waals surface area (Å²) in [5.74, 6) is -0.140. The minimum Gasteiger partial charge on any atom is -0.310 e. The highest BCUT2D eigenvalue weighted by molar-refractivity contribution is 5.16. The minimum atomic E-state index is -0.140. The third-order valence-electron chi connectivity index (χ3n) is 3.14. The molecule has 1 aromatic carbocycles. The molecule has 2 nitrogen and oxygen atoms in total. The van der Waals surface area contributed by atoms with Crippen molar-refractivity contribution in [3.63, 3.8) is 0 Å². The maximum Gasteiger partial charge on any atom is 0.123 e. The van der Waals surface area contributed by atoms with Crippen LogP contribution < -0.4 is 5.32 Å². The monoisotopic (exact) mass is 236 g/mol. The quantitative estimate of drug-likeness (QED) is 0.863. The summed E-state index contributed by atoms with van der Waals surface area (Å²) in [4.78, 5) is 2.38. The van der Waals surface area contributed by atoms with E-state index in [0.29, 0.717) is 12.1 Å².